The maximum Gasteiger partial charge on any atom is 0.308 e. The van der Waals surface area contributed by atoms with Crippen molar-refractivity contribution in [3.63, 3.8) is 0 Å². The highest BCUT2D eigenvalue weighted by Gasteiger charge is 2.54. The van der Waals surface area contributed by atoms with E-state index in [1.807, 2.05) is 0 Å². The van der Waals surface area contributed by atoms with Gasteiger partial charge in [-0.2, -0.15) is 0 Å². The second-order valence-electron chi connectivity index (χ2n) is 10.3. The molecule has 2 aliphatic rings. The quantitative estimate of drug-likeness (QED) is 0.333. The number of ether oxygens (including phenoxy) is 5. The number of hydrogen-bond acceptors (Lipinski definition) is 11. The van der Waals surface area contributed by atoms with Crippen LogP contribution in [0.15, 0.2) is 65.6 Å². The number of hydrogen-bond donors (Lipinski definition) is 0. The van der Waals surface area contributed by atoms with Gasteiger partial charge in [0, 0.05) is 58.6 Å². The zero-order valence-electron chi connectivity index (χ0n) is 24.4. The van der Waals surface area contributed by atoms with Crippen LogP contribution in [0.5, 0.6) is 17.2 Å². The van der Waals surface area contributed by atoms with Gasteiger partial charge < -0.3 is 23.7 Å². The van der Waals surface area contributed by atoms with Crippen LogP contribution in [0.2, 0.25) is 0 Å². The summed E-state index contributed by atoms with van der Waals surface area (Å²) < 4.78 is 26.8. The molecule has 0 heterocycles. The van der Waals surface area contributed by atoms with Crippen LogP contribution in [0.4, 0.5) is 0 Å². The van der Waals surface area contributed by atoms with Crippen molar-refractivity contribution in [2.24, 2.45) is 11.8 Å². The third-order valence-electron chi connectivity index (χ3n) is 6.92. The van der Waals surface area contributed by atoms with Crippen molar-refractivity contribution in [3.8, 4) is 17.2 Å². The highest BCUT2D eigenvalue weighted by Crippen LogP contribution is 2.57. The SMILES string of the molecule is CC(=O)OC1=CC(OC(C)=O)=C2C(C(=O)[C@H](c3cc(OC(C)=O)cc(OC(C)=O)c3)[C@H]2c2ccc(OC(C)=O)cc2)C1C. The van der Waals surface area contributed by atoms with Gasteiger partial charge in [0.25, 0.3) is 0 Å². The second kappa shape index (κ2) is 12.4. The normalized spacial score (nSPS) is 20.9. The molecule has 0 aliphatic heterocycles. The first-order chi connectivity index (χ1) is 20.2. The topological polar surface area (TPSA) is 149 Å². The highest BCUT2D eigenvalue weighted by atomic mass is 16.6. The van der Waals surface area contributed by atoms with Gasteiger partial charge in [-0.05, 0) is 41.0 Å². The van der Waals surface area contributed by atoms with Crippen molar-refractivity contribution in [1.82, 2.24) is 0 Å². The average molecular weight is 591 g/mol. The number of benzene rings is 2. The summed E-state index contributed by atoms with van der Waals surface area (Å²) in [5, 5.41) is 0. The van der Waals surface area contributed by atoms with Gasteiger partial charge in [-0.1, -0.05) is 19.1 Å². The largest absolute Gasteiger partial charge is 0.431 e. The Morgan fingerprint density at radius 3 is 1.53 bits per heavy atom. The van der Waals surface area contributed by atoms with Gasteiger partial charge in [-0.25, -0.2) is 0 Å². The summed E-state index contributed by atoms with van der Waals surface area (Å²) in [5.41, 5.74) is 1.44. The minimum Gasteiger partial charge on any atom is -0.431 e. The molecule has 1 saturated carbocycles. The minimum atomic E-state index is -0.956. The summed E-state index contributed by atoms with van der Waals surface area (Å²) in [6.45, 7) is 7.85. The van der Waals surface area contributed by atoms with Crippen LogP contribution < -0.4 is 14.2 Å². The van der Waals surface area contributed by atoms with Crippen LogP contribution in [0, 0.1) is 11.8 Å². The summed E-state index contributed by atoms with van der Waals surface area (Å²) in [6, 6.07) is 10.9. The molecular weight excluding hydrogens is 560 g/mol. The lowest BCUT2D eigenvalue weighted by Crippen LogP contribution is -2.27. The van der Waals surface area contributed by atoms with E-state index in [1.165, 1.54) is 58.9 Å². The van der Waals surface area contributed by atoms with Gasteiger partial charge in [0.05, 0.1) is 11.8 Å². The molecule has 11 heteroatoms. The first kappa shape index (κ1) is 30.9. The molecule has 0 amide bonds. The first-order valence-electron chi connectivity index (χ1n) is 13.4. The fourth-order valence-electron chi connectivity index (χ4n) is 5.61. The molecule has 4 atom stereocenters. The van der Waals surface area contributed by atoms with Crippen LogP contribution >= 0.6 is 0 Å². The second-order valence-corrected chi connectivity index (χ2v) is 10.3. The Morgan fingerprint density at radius 1 is 0.558 bits per heavy atom. The molecular formula is C32H30O11. The molecule has 4 rings (SSSR count). The van der Waals surface area contributed by atoms with Crippen LogP contribution in [0.1, 0.15) is 64.5 Å². The number of carbonyl (C=O) groups is 6. The van der Waals surface area contributed by atoms with E-state index in [-0.39, 0.29) is 34.6 Å². The number of allylic oxidation sites excluding steroid dienone is 3. The third kappa shape index (κ3) is 6.88. The van der Waals surface area contributed by atoms with Gasteiger partial charge >= 0.3 is 29.8 Å². The molecule has 0 N–H and O–H groups in total. The molecule has 2 aromatic rings. The number of fused-ring (bicyclic) bond motifs is 1. The van der Waals surface area contributed by atoms with E-state index in [0.29, 0.717) is 16.7 Å². The van der Waals surface area contributed by atoms with E-state index in [0.717, 1.165) is 0 Å². The Bertz CT molecular complexity index is 1540. The molecule has 43 heavy (non-hydrogen) atoms. The third-order valence-corrected chi connectivity index (χ3v) is 6.92. The fourth-order valence-corrected chi connectivity index (χ4v) is 5.61. The van der Waals surface area contributed by atoms with Crippen molar-refractivity contribution in [1.29, 1.82) is 0 Å². The van der Waals surface area contributed by atoms with Gasteiger partial charge in [0.1, 0.15) is 34.6 Å². The van der Waals surface area contributed by atoms with Crippen molar-refractivity contribution >= 4 is 35.6 Å². The fraction of sp³-hybridized carbons (Fsp3) is 0.312. The zero-order chi connectivity index (χ0) is 31.6. The summed E-state index contributed by atoms with van der Waals surface area (Å²) in [7, 11) is 0. The Kier molecular flexibility index (Phi) is 8.93. The number of rotatable bonds is 7. The standard InChI is InChI=1S/C32H30O11/c1-15-26(42-19(5)36)14-27(43-20(6)37)31-28(15)32(38)30(29(31)21-7-9-23(10-8-21)39-16(2)33)22-11-24(40-17(3)34)13-25(12-22)41-18(4)35/h7-15,28-30H,1-6H3/t15?,28?,29-,30-/m1/s1. The summed E-state index contributed by atoms with van der Waals surface area (Å²) in [6.07, 6.45) is 1.44. The molecule has 0 saturated heterocycles. The molecule has 2 aromatic carbocycles. The Morgan fingerprint density at radius 2 is 1.05 bits per heavy atom. The smallest absolute Gasteiger partial charge is 0.308 e. The minimum absolute atomic E-state index is 0.0499. The first-order valence-corrected chi connectivity index (χ1v) is 13.4. The predicted octanol–water partition coefficient (Wildman–Crippen LogP) is 4.44. The molecule has 0 bridgehead atoms. The molecule has 0 radical (unpaired) electrons. The van der Waals surface area contributed by atoms with Gasteiger partial charge in [0.15, 0.2) is 0 Å². The van der Waals surface area contributed by atoms with Crippen LogP contribution in [0.3, 0.4) is 0 Å². The molecule has 1 fully saturated rings. The summed E-state index contributed by atoms with van der Waals surface area (Å²) in [5.74, 6) is -5.92. The average Bonchev–Trinajstić information content (AvgIpc) is 3.18. The highest BCUT2D eigenvalue weighted by molar-refractivity contribution is 5.97. The maximum absolute atomic E-state index is 14.4. The van der Waals surface area contributed by atoms with E-state index in [1.54, 1.807) is 31.2 Å². The van der Waals surface area contributed by atoms with Gasteiger partial charge in [-0.3, -0.25) is 28.8 Å². The Hall–Kier alpha value is -5.06. The van der Waals surface area contributed by atoms with Crippen LogP contribution in [-0.2, 0) is 38.2 Å². The lowest BCUT2D eigenvalue weighted by molar-refractivity contribution is -0.139. The molecule has 2 unspecified atom stereocenters. The maximum atomic E-state index is 14.4. The number of ketones is 1. The summed E-state index contributed by atoms with van der Waals surface area (Å²) >= 11 is 0. The number of Topliss-reactive ketones (excluding diaryl/α,β-unsaturated/α-hetero) is 1. The van der Waals surface area contributed by atoms with Crippen LogP contribution in [-0.4, -0.2) is 35.6 Å². The predicted molar refractivity (Wildman–Crippen MR) is 149 cm³/mol. The van der Waals surface area contributed by atoms with Crippen molar-refractivity contribution in [2.45, 2.75) is 53.4 Å². The molecule has 2 aliphatic carbocycles. The zero-order valence-corrected chi connectivity index (χ0v) is 24.4. The molecule has 0 spiro atoms. The lowest BCUT2D eigenvalue weighted by Gasteiger charge is -2.29. The van der Waals surface area contributed by atoms with Crippen molar-refractivity contribution < 1.29 is 52.5 Å². The number of esters is 5. The van der Waals surface area contributed by atoms with Crippen LogP contribution in [0.25, 0.3) is 0 Å². The van der Waals surface area contributed by atoms with Gasteiger partial charge in [-0.15, -0.1) is 0 Å². The monoisotopic (exact) mass is 590 g/mol. The van der Waals surface area contributed by atoms with Crippen molar-refractivity contribution in [3.05, 3.63) is 76.8 Å². The van der Waals surface area contributed by atoms with Gasteiger partial charge in [0.2, 0.25) is 0 Å². The Balaban J connectivity index is 1.98. The van der Waals surface area contributed by atoms with E-state index >= 15 is 0 Å². The van der Waals surface area contributed by atoms with E-state index < -0.39 is 53.5 Å². The van der Waals surface area contributed by atoms with E-state index in [9.17, 15) is 28.8 Å². The van der Waals surface area contributed by atoms with E-state index in [4.69, 9.17) is 23.7 Å². The lowest BCUT2D eigenvalue weighted by atomic mass is 9.78. The molecule has 11 nitrogen and oxygen atoms in total. The van der Waals surface area contributed by atoms with E-state index in [2.05, 4.69) is 0 Å². The number of carbonyl (C=O) groups excluding carboxylic acids is 6. The molecule has 0 aromatic heterocycles. The Labute approximate surface area is 247 Å². The van der Waals surface area contributed by atoms with Crippen molar-refractivity contribution in [2.75, 3.05) is 0 Å². The molecule has 224 valence electrons. The summed E-state index contributed by atoms with van der Waals surface area (Å²) in [4.78, 5) is 73.7.